The Kier molecular flexibility index (Phi) is 4.39. The van der Waals surface area contributed by atoms with Crippen LogP contribution in [0, 0.1) is 6.92 Å². The maximum atomic E-state index is 4.87. The number of anilines is 1. The number of nitrogens with zero attached hydrogens (tertiary/aromatic N) is 2. The van der Waals surface area contributed by atoms with E-state index in [-0.39, 0.29) is 0 Å². The molecule has 0 saturated carbocycles. The minimum absolute atomic E-state index is 0.497. The third kappa shape index (κ3) is 3.98. The summed E-state index contributed by atoms with van der Waals surface area (Å²) in [6, 6.07) is 0.497. The summed E-state index contributed by atoms with van der Waals surface area (Å²) in [7, 11) is 0. The molecule has 0 saturated heterocycles. The van der Waals surface area contributed by atoms with Crippen LogP contribution in [0.15, 0.2) is 17.2 Å². The molecular weight excluding hydrogens is 186 g/mol. The fourth-order valence-electron chi connectivity index (χ4n) is 0.766. The fraction of sp³-hybridized carbons (Fsp3) is 0.500. The molecule has 1 N–H and O–H groups in total. The lowest BCUT2D eigenvalue weighted by atomic mass is 10.7. The summed E-state index contributed by atoms with van der Waals surface area (Å²) in [4.78, 5) is 4.01. The van der Waals surface area contributed by atoms with Gasteiger partial charge in [-0.15, -0.1) is 6.58 Å². The van der Waals surface area contributed by atoms with E-state index < -0.39 is 0 Å². The highest BCUT2D eigenvalue weighted by atomic mass is 32.2. The second-order valence-corrected chi connectivity index (χ2v) is 3.59. The number of thioether (sulfide) groups is 1. The first-order valence-electron chi connectivity index (χ1n) is 4.05. The Morgan fingerprint density at radius 2 is 2.54 bits per heavy atom. The van der Waals surface area contributed by atoms with Gasteiger partial charge in [0.2, 0.25) is 0 Å². The van der Waals surface area contributed by atoms with E-state index in [1.165, 1.54) is 0 Å². The molecule has 0 fully saturated rings. The summed E-state index contributed by atoms with van der Waals surface area (Å²) in [5, 5.41) is 6.69. The summed E-state index contributed by atoms with van der Waals surface area (Å²) >= 11 is 1.81. The molecule has 1 heterocycles. The maximum absolute atomic E-state index is 4.87. The zero-order valence-corrected chi connectivity index (χ0v) is 8.43. The Labute approximate surface area is 81.8 Å². The first-order valence-corrected chi connectivity index (χ1v) is 5.21. The Hall–Kier alpha value is -0.970. The summed E-state index contributed by atoms with van der Waals surface area (Å²) in [6.07, 6.45) is 1.89. The van der Waals surface area contributed by atoms with Gasteiger partial charge >= 0.3 is 6.01 Å². The average Bonchev–Trinajstić information content (AvgIpc) is 2.51. The molecule has 0 bridgehead atoms. The van der Waals surface area contributed by atoms with Crippen molar-refractivity contribution in [1.82, 2.24) is 10.1 Å². The van der Waals surface area contributed by atoms with Gasteiger partial charge in [-0.25, -0.2) is 0 Å². The van der Waals surface area contributed by atoms with Crippen molar-refractivity contribution in [1.29, 1.82) is 0 Å². The summed E-state index contributed by atoms with van der Waals surface area (Å²) in [6.45, 7) is 6.26. The first kappa shape index (κ1) is 10.1. The van der Waals surface area contributed by atoms with E-state index >= 15 is 0 Å². The van der Waals surface area contributed by atoms with Gasteiger partial charge < -0.3 is 9.84 Å². The normalized spacial score (nSPS) is 9.92. The molecule has 0 aromatic carbocycles. The van der Waals surface area contributed by atoms with Gasteiger partial charge in [0, 0.05) is 18.1 Å². The minimum Gasteiger partial charge on any atom is -0.337 e. The molecular formula is C8H13N3OS. The fourth-order valence-corrected chi connectivity index (χ4v) is 1.35. The van der Waals surface area contributed by atoms with Crippen molar-refractivity contribution in [2.45, 2.75) is 6.92 Å². The predicted molar refractivity (Wildman–Crippen MR) is 55.0 cm³/mol. The molecule has 0 aliphatic rings. The van der Waals surface area contributed by atoms with Gasteiger partial charge in [-0.2, -0.15) is 16.7 Å². The standard InChI is InChI=1S/C8H13N3OS/c1-3-5-13-6-4-9-8-10-7(2)11-12-8/h3H,1,4-6H2,2H3,(H,9,10,11). The van der Waals surface area contributed by atoms with E-state index in [2.05, 4.69) is 22.0 Å². The molecule has 5 heteroatoms. The van der Waals surface area contributed by atoms with Crippen LogP contribution in [0.3, 0.4) is 0 Å². The van der Waals surface area contributed by atoms with Crippen molar-refractivity contribution < 1.29 is 4.52 Å². The van der Waals surface area contributed by atoms with Gasteiger partial charge in [0.15, 0.2) is 5.82 Å². The van der Waals surface area contributed by atoms with Crippen molar-refractivity contribution in [3.63, 3.8) is 0 Å². The third-order valence-electron chi connectivity index (χ3n) is 1.29. The van der Waals surface area contributed by atoms with Crippen LogP contribution >= 0.6 is 11.8 Å². The summed E-state index contributed by atoms with van der Waals surface area (Å²) < 4.78 is 4.87. The lowest BCUT2D eigenvalue weighted by Crippen LogP contribution is -2.04. The highest BCUT2D eigenvalue weighted by Crippen LogP contribution is 2.03. The molecule has 4 nitrogen and oxygen atoms in total. The maximum Gasteiger partial charge on any atom is 0.321 e. The zero-order chi connectivity index (χ0) is 9.52. The number of hydrogen-bond donors (Lipinski definition) is 1. The van der Waals surface area contributed by atoms with Gasteiger partial charge in [-0.3, -0.25) is 0 Å². The summed E-state index contributed by atoms with van der Waals surface area (Å²) in [5.41, 5.74) is 0. The lowest BCUT2D eigenvalue weighted by molar-refractivity contribution is 0.426. The molecule has 1 aromatic heterocycles. The van der Waals surface area contributed by atoms with Crippen molar-refractivity contribution in [2.75, 3.05) is 23.4 Å². The number of nitrogens with one attached hydrogen (secondary N) is 1. The van der Waals surface area contributed by atoms with Crippen molar-refractivity contribution in [3.8, 4) is 0 Å². The SMILES string of the molecule is C=CCSCCNc1nc(C)no1. The van der Waals surface area contributed by atoms with Crippen LogP contribution in [0.5, 0.6) is 0 Å². The molecule has 1 aromatic rings. The van der Waals surface area contributed by atoms with Crippen LogP contribution in [-0.4, -0.2) is 28.2 Å². The predicted octanol–water partition coefficient (Wildman–Crippen LogP) is 1.71. The highest BCUT2D eigenvalue weighted by molar-refractivity contribution is 7.99. The Balaban J connectivity index is 2.09. The summed E-state index contributed by atoms with van der Waals surface area (Å²) in [5.74, 6) is 2.64. The molecule has 0 radical (unpaired) electrons. The molecule has 0 atom stereocenters. The topological polar surface area (TPSA) is 51.0 Å². The van der Waals surface area contributed by atoms with Gasteiger partial charge in [0.1, 0.15) is 0 Å². The average molecular weight is 199 g/mol. The van der Waals surface area contributed by atoms with Crippen LogP contribution in [0.1, 0.15) is 5.82 Å². The van der Waals surface area contributed by atoms with E-state index in [1.54, 1.807) is 6.92 Å². The highest BCUT2D eigenvalue weighted by Gasteiger charge is 1.99. The molecule has 0 amide bonds. The lowest BCUT2D eigenvalue weighted by Gasteiger charge is -1.98. The molecule has 0 spiro atoms. The second kappa shape index (κ2) is 5.64. The molecule has 72 valence electrons. The van der Waals surface area contributed by atoms with E-state index in [4.69, 9.17) is 4.52 Å². The number of aromatic nitrogens is 2. The van der Waals surface area contributed by atoms with E-state index in [1.807, 2.05) is 17.8 Å². The van der Waals surface area contributed by atoms with Gasteiger partial charge in [-0.05, 0) is 6.92 Å². The van der Waals surface area contributed by atoms with Crippen molar-refractivity contribution >= 4 is 17.8 Å². The zero-order valence-electron chi connectivity index (χ0n) is 7.62. The molecule has 0 aliphatic carbocycles. The first-order chi connectivity index (χ1) is 6.33. The molecule has 0 unspecified atom stereocenters. The van der Waals surface area contributed by atoms with Gasteiger partial charge in [0.05, 0.1) is 0 Å². The third-order valence-corrected chi connectivity index (χ3v) is 2.25. The van der Waals surface area contributed by atoms with Crippen LogP contribution < -0.4 is 5.32 Å². The van der Waals surface area contributed by atoms with Crippen LogP contribution in [0.4, 0.5) is 6.01 Å². The van der Waals surface area contributed by atoms with Crippen molar-refractivity contribution in [3.05, 3.63) is 18.5 Å². The van der Waals surface area contributed by atoms with E-state index in [0.29, 0.717) is 11.8 Å². The van der Waals surface area contributed by atoms with Crippen LogP contribution in [-0.2, 0) is 0 Å². The molecule has 13 heavy (non-hydrogen) atoms. The monoisotopic (exact) mass is 199 g/mol. The minimum atomic E-state index is 0.497. The van der Waals surface area contributed by atoms with E-state index in [9.17, 15) is 0 Å². The number of hydrogen-bond acceptors (Lipinski definition) is 5. The van der Waals surface area contributed by atoms with Crippen molar-refractivity contribution in [2.24, 2.45) is 0 Å². The number of aryl methyl sites for hydroxylation is 1. The van der Waals surface area contributed by atoms with E-state index in [0.717, 1.165) is 18.1 Å². The molecule has 0 aliphatic heterocycles. The number of rotatable bonds is 6. The molecule has 1 rings (SSSR count). The Morgan fingerprint density at radius 3 is 3.15 bits per heavy atom. The second-order valence-electron chi connectivity index (χ2n) is 2.44. The van der Waals surface area contributed by atoms with Gasteiger partial charge in [0.25, 0.3) is 0 Å². The Morgan fingerprint density at radius 1 is 1.69 bits per heavy atom. The Bertz CT molecular complexity index is 262. The van der Waals surface area contributed by atoms with Crippen LogP contribution in [0.2, 0.25) is 0 Å². The van der Waals surface area contributed by atoms with Gasteiger partial charge in [-0.1, -0.05) is 11.2 Å². The smallest absolute Gasteiger partial charge is 0.321 e. The quantitative estimate of drug-likeness (QED) is 0.558. The largest absolute Gasteiger partial charge is 0.337 e. The van der Waals surface area contributed by atoms with Crippen LogP contribution in [0.25, 0.3) is 0 Å².